The summed E-state index contributed by atoms with van der Waals surface area (Å²) in [6.45, 7) is 0. The molecule has 0 aromatic carbocycles. The predicted octanol–water partition coefficient (Wildman–Crippen LogP) is 0.0581. The van der Waals surface area contributed by atoms with Crippen LogP contribution in [0.15, 0.2) is 0 Å². The van der Waals surface area contributed by atoms with Gasteiger partial charge < -0.3 is 10.00 Å². The summed E-state index contributed by atoms with van der Waals surface area (Å²) < 4.78 is 12.9. The summed E-state index contributed by atoms with van der Waals surface area (Å²) in [5.41, 5.74) is -2.26. The molecule has 0 amide bonds. The molecule has 8 nitrogen and oxygen atoms in total. The van der Waals surface area contributed by atoms with E-state index in [0.29, 0.717) is 0 Å². The van der Waals surface area contributed by atoms with E-state index in [0.717, 1.165) is 0 Å². The van der Waals surface area contributed by atoms with Crippen molar-refractivity contribution < 1.29 is 29.1 Å². The first-order valence-electron chi connectivity index (χ1n) is 1.76. The molecular formula is CH2NO7P. The fourth-order valence-corrected chi connectivity index (χ4v) is 0.376. The van der Waals surface area contributed by atoms with E-state index in [9.17, 15) is 19.5 Å². The van der Waals surface area contributed by atoms with Crippen molar-refractivity contribution >= 4 is 13.3 Å². The summed E-state index contributed by atoms with van der Waals surface area (Å²) in [4.78, 5) is 27.0. The van der Waals surface area contributed by atoms with E-state index in [-0.39, 0.29) is 0 Å². The molecule has 0 aromatic heterocycles. The third-order valence-electron chi connectivity index (χ3n) is 0.419. The van der Waals surface area contributed by atoms with Crippen molar-refractivity contribution in [2.45, 2.75) is 0 Å². The second-order valence-corrected chi connectivity index (χ2v) is 2.69. The number of rotatable bonds is 3. The second-order valence-electron chi connectivity index (χ2n) is 1.11. The van der Waals surface area contributed by atoms with E-state index >= 15 is 0 Å². The van der Waals surface area contributed by atoms with Crippen molar-refractivity contribution in [1.82, 2.24) is 0 Å². The number of nitrogens with zero attached hydrogens (tertiary/aromatic N) is 1. The summed E-state index contributed by atoms with van der Waals surface area (Å²) >= 11 is 0. The van der Waals surface area contributed by atoms with Gasteiger partial charge in [0.2, 0.25) is 0 Å². The van der Waals surface area contributed by atoms with Crippen molar-refractivity contribution in [2.75, 3.05) is 0 Å². The van der Waals surface area contributed by atoms with Gasteiger partial charge in [-0.1, -0.05) is 0 Å². The standard InChI is InChI=1S/CH2NO7P/c3-1(4)10(7,8)9-2(5)6/h(H,3,4)(H,7,8). The molecule has 0 fully saturated rings. The van der Waals surface area contributed by atoms with Crippen molar-refractivity contribution in [1.29, 1.82) is 0 Å². The SMILES string of the molecule is O=C(O)P(=O)(O)O[N+](=O)[O-]. The highest BCUT2D eigenvalue weighted by molar-refractivity contribution is 7.70. The minimum atomic E-state index is -5.10. The molecule has 1 unspecified atom stereocenters. The summed E-state index contributed by atoms with van der Waals surface area (Å²) in [5, 5.41) is 15.4. The van der Waals surface area contributed by atoms with Crippen molar-refractivity contribution in [3.8, 4) is 0 Å². The van der Waals surface area contributed by atoms with Gasteiger partial charge in [-0.3, -0.25) is 0 Å². The van der Waals surface area contributed by atoms with Crippen LogP contribution in [0.2, 0.25) is 0 Å². The smallest absolute Gasteiger partial charge is 0.472 e. The number of carboxylic acid groups (broad SMARTS) is 1. The van der Waals surface area contributed by atoms with Crippen molar-refractivity contribution in [3.63, 3.8) is 0 Å². The normalized spacial score (nSPS) is 15.3. The van der Waals surface area contributed by atoms with E-state index in [2.05, 4.69) is 4.62 Å². The molecule has 0 bridgehead atoms. The highest BCUT2D eigenvalue weighted by atomic mass is 31.2. The average Bonchev–Trinajstić information content (AvgIpc) is 1.60. The van der Waals surface area contributed by atoms with Gasteiger partial charge in [0.15, 0.2) is 0 Å². The lowest BCUT2D eigenvalue weighted by Crippen LogP contribution is -2.04. The quantitative estimate of drug-likeness (QED) is 0.349. The molecule has 0 aliphatic heterocycles. The molecule has 2 N–H and O–H groups in total. The van der Waals surface area contributed by atoms with E-state index in [1.165, 1.54) is 0 Å². The molecule has 0 aromatic rings. The van der Waals surface area contributed by atoms with Crippen LogP contribution in [-0.4, -0.2) is 20.8 Å². The molecule has 0 spiro atoms. The maximum atomic E-state index is 10.0. The third kappa shape index (κ3) is 2.42. The first-order valence-corrected chi connectivity index (χ1v) is 3.34. The Bertz CT molecular complexity index is 208. The van der Waals surface area contributed by atoms with Gasteiger partial charge in [-0.25, -0.2) is 14.0 Å². The van der Waals surface area contributed by atoms with Crippen LogP contribution in [0.25, 0.3) is 0 Å². The Kier molecular flexibility index (Phi) is 2.33. The van der Waals surface area contributed by atoms with Crippen molar-refractivity contribution in [2.24, 2.45) is 0 Å². The van der Waals surface area contributed by atoms with Crippen LogP contribution in [-0.2, 0) is 9.19 Å². The van der Waals surface area contributed by atoms with Crippen molar-refractivity contribution in [3.05, 3.63) is 10.1 Å². The van der Waals surface area contributed by atoms with E-state index in [4.69, 9.17) is 10.00 Å². The molecule has 0 saturated carbocycles. The fraction of sp³-hybridized carbons (Fsp3) is 0. The summed E-state index contributed by atoms with van der Waals surface area (Å²) in [6.07, 6.45) is 0. The van der Waals surface area contributed by atoms with Crippen LogP contribution < -0.4 is 0 Å². The van der Waals surface area contributed by atoms with Gasteiger partial charge in [0.1, 0.15) is 0 Å². The summed E-state index contributed by atoms with van der Waals surface area (Å²) in [7, 11) is -5.10. The zero-order valence-corrected chi connectivity index (χ0v) is 5.22. The number of carbonyl (C=O) groups is 1. The Morgan fingerprint density at radius 3 is 2.20 bits per heavy atom. The molecule has 58 valence electrons. The monoisotopic (exact) mass is 171 g/mol. The molecule has 0 heterocycles. The Balaban J connectivity index is 4.29. The maximum Gasteiger partial charge on any atom is 0.472 e. The minimum absolute atomic E-state index is 1.64. The van der Waals surface area contributed by atoms with Gasteiger partial charge in [-0.15, -0.1) is 10.1 Å². The third-order valence-corrected chi connectivity index (χ3v) is 1.26. The van der Waals surface area contributed by atoms with E-state index in [1.54, 1.807) is 0 Å². The fourth-order valence-electron chi connectivity index (χ4n) is 0.125. The molecule has 0 saturated heterocycles. The largest absolute Gasteiger partial charge is 0.473 e. The molecule has 0 aliphatic rings. The molecule has 0 rings (SSSR count). The summed E-state index contributed by atoms with van der Waals surface area (Å²) in [5.74, 6) is 0. The molecule has 10 heavy (non-hydrogen) atoms. The van der Waals surface area contributed by atoms with Crippen LogP contribution in [0.3, 0.4) is 0 Å². The number of hydrogen-bond acceptors (Lipinski definition) is 5. The van der Waals surface area contributed by atoms with Gasteiger partial charge >= 0.3 is 18.4 Å². The first kappa shape index (κ1) is 8.86. The van der Waals surface area contributed by atoms with Gasteiger partial charge in [0.05, 0.1) is 0 Å². The van der Waals surface area contributed by atoms with Gasteiger partial charge in [0.25, 0.3) is 0 Å². The zero-order chi connectivity index (χ0) is 8.36. The van der Waals surface area contributed by atoms with Crippen LogP contribution in [0.4, 0.5) is 4.79 Å². The first-order chi connectivity index (χ1) is 4.36. The van der Waals surface area contributed by atoms with Crippen LogP contribution >= 0.6 is 7.60 Å². The van der Waals surface area contributed by atoms with Gasteiger partial charge in [-0.05, 0) is 0 Å². The topological polar surface area (TPSA) is 127 Å². The molecule has 0 aliphatic carbocycles. The Labute approximate surface area is 53.7 Å². The molecular weight excluding hydrogens is 169 g/mol. The Morgan fingerprint density at radius 1 is 1.70 bits per heavy atom. The molecule has 0 radical (unpaired) electrons. The van der Waals surface area contributed by atoms with Crippen LogP contribution in [0.1, 0.15) is 0 Å². The van der Waals surface area contributed by atoms with E-state index in [1.807, 2.05) is 0 Å². The second kappa shape index (κ2) is 2.63. The van der Waals surface area contributed by atoms with Gasteiger partial charge in [0, 0.05) is 0 Å². The molecule has 9 heteroatoms. The maximum absolute atomic E-state index is 10.0. The number of hydrogen-bond donors (Lipinski definition) is 2. The Hall–Kier alpha value is -1.14. The lowest BCUT2D eigenvalue weighted by atomic mass is 11.6. The minimum Gasteiger partial charge on any atom is -0.473 e. The van der Waals surface area contributed by atoms with Crippen LogP contribution in [0.5, 0.6) is 0 Å². The van der Waals surface area contributed by atoms with Gasteiger partial charge in [-0.2, -0.15) is 0 Å². The Morgan fingerprint density at radius 2 is 2.10 bits per heavy atom. The zero-order valence-electron chi connectivity index (χ0n) is 4.33. The summed E-state index contributed by atoms with van der Waals surface area (Å²) in [6, 6.07) is 0. The lowest BCUT2D eigenvalue weighted by molar-refractivity contribution is -0.715. The van der Waals surface area contributed by atoms with Crippen LogP contribution in [0, 0.1) is 10.1 Å². The lowest BCUT2D eigenvalue weighted by Gasteiger charge is -1.99. The molecule has 1 atom stereocenters. The predicted molar refractivity (Wildman–Crippen MR) is 25.9 cm³/mol. The van der Waals surface area contributed by atoms with E-state index < -0.39 is 18.4 Å². The highest BCUT2D eigenvalue weighted by Crippen LogP contribution is 2.42. The highest BCUT2D eigenvalue weighted by Gasteiger charge is 2.33. The average molecular weight is 171 g/mol.